The Bertz CT molecular complexity index is 1390. The molecule has 0 aliphatic rings. The third-order valence-corrected chi connectivity index (χ3v) is 5.27. The number of rotatable bonds is 7. The predicted molar refractivity (Wildman–Crippen MR) is 128 cm³/mol. The van der Waals surface area contributed by atoms with Crippen molar-refractivity contribution in [3.05, 3.63) is 82.5 Å². The molecule has 0 saturated carbocycles. The van der Waals surface area contributed by atoms with Gasteiger partial charge in [0.2, 0.25) is 5.91 Å². The molecule has 34 heavy (non-hydrogen) atoms. The van der Waals surface area contributed by atoms with Crippen molar-refractivity contribution in [3.8, 4) is 5.69 Å². The maximum absolute atomic E-state index is 13.2. The number of aromatic nitrogens is 4. The molecule has 2 aromatic carbocycles. The van der Waals surface area contributed by atoms with Gasteiger partial charge < -0.3 is 4.74 Å². The third-order valence-electron chi connectivity index (χ3n) is 5.27. The van der Waals surface area contributed by atoms with Crippen LogP contribution in [0.3, 0.4) is 0 Å². The number of nitrogens with zero attached hydrogens (tertiary/aromatic N) is 5. The van der Waals surface area contributed by atoms with E-state index < -0.39 is 17.4 Å². The Kier molecular flexibility index (Phi) is 6.53. The lowest BCUT2D eigenvalue weighted by molar-refractivity contribution is -0.142. The average Bonchev–Trinajstić information content (AvgIpc) is 3.24. The Morgan fingerprint density at radius 2 is 1.76 bits per heavy atom. The Morgan fingerprint density at radius 3 is 2.44 bits per heavy atom. The molecule has 0 aliphatic carbocycles. The summed E-state index contributed by atoms with van der Waals surface area (Å²) in [5.74, 6) is -0.973. The minimum Gasteiger partial charge on any atom is -0.465 e. The van der Waals surface area contributed by atoms with E-state index in [0.717, 1.165) is 16.8 Å². The Labute approximate surface area is 196 Å². The van der Waals surface area contributed by atoms with E-state index >= 15 is 0 Å². The SMILES string of the molecule is CCOC(=O)CN(C(=O)Cn1cnc2c(cnn2-c2cc(C)cc(C)c2)c1=O)c1ccccc1. The fraction of sp³-hybridized carbons (Fsp3) is 0.240. The molecule has 0 saturated heterocycles. The highest BCUT2D eigenvalue weighted by atomic mass is 16.5. The van der Waals surface area contributed by atoms with Crippen LogP contribution in [0.5, 0.6) is 0 Å². The number of ether oxygens (including phenoxy) is 1. The molecule has 9 heteroatoms. The zero-order valence-electron chi connectivity index (χ0n) is 19.3. The smallest absolute Gasteiger partial charge is 0.326 e. The minimum absolute atomic E-state index is 0.208. The summed E-state index contributed by atoms with van der Waals surface area (Å²) in [5, 5.41) is 4.65. The van der Waals surface area contributed by atoms with Gasteiger partial charge in [-0.2, -0.15) is 5.10 Å². The van der Waals surface area contributed by atoms with Crippen molar-refractivity contribution in [2.45, 2.75) is 27.3 Å². The molecule has 1 amide bonds. The maximum Gasteiger partial charge on any atom is 0.326 e. The summed E-state index contributed by atoms with van der Waals surface area (Å²) in [5.41, 5.74) is 3.49. The van der Waals surface area contributed by atoms with Crippen LogP contribution >= 0.6 is 0 Å². The van der Waals surface area contributed by atoms with Crippen molar-refractivity contribution in [1.29, 1.82) is 0 Å². The summed E-state index contributed by atoms with van der Waals surface area (Å²) in [6.45, 7) is 5.34. The number of carbonyl (C=O) groups excluding carboxylic acids is 2. The molecular formula is C25H25N5O4. The monoisotopic (exact) mass is 459 g/mol. The Balaban J connectivity index is 1.65. The lowest BCUT2D eigenvalue weighted by Crippen LogP contribution is -2.40. The number of esters is 1. The second-order valence-corrected chi connectivity index (χ2v) is 7.94. The zero-order valence-corrected chi connectivity index (χ0v) is 19.3. The fourth-order valence-corrected chi connectivity index (χ4v) is 3.82. The van der Waals surface area contributed by atoms with Crippen LogP contribution < -0.4 is 10.5 Å². The van der Waals surface area contributed by atoms with E-state index in [1.54, 1.807) is 35.9 Å². The van der Waals surface area contributed by atoms with Gasteiger partial charge in [-0.3, -0.25) is 23.9 Å². The van der Waals surface area contributed by atoms with Crippen LogP contribution in [-0.4, -0.2) is 44.4 Å². The molecule has 2 aromatic heterocycles. The van der Waals surface area contributed by atoms with Gasteiger partial charge in [-0.05, 0) is 56.2 Å². The summed E-state index contributed by atoms with van der Waals surface area (Å²) in [4.78, 5) is 44.1. The standard InChI is InChI=1S/C25H25N5O4/c1-4-34-23(32)15-29(19-8-6-5-7-9-19)22(31)14-28-16-26-24-21(25(28)33)13-27-30(24)20-11-17(2)10-18(3)12-20/h5-13,16H,4,14-15H2,1-3H3. The Morgan fingerprint density at radius 1 is 1.06 bits per heavy atom. The topological polar surface area (TPSA) is 99.3 Å². The van der Waals surface area contributed by atoms with E-state index in [9.17, 15) is 14.4 Å². The largest absolute Gasteiger partial charge is 0.465 e. The number of aryl methyl sites for hydroxylation is 2. The fourth-order valence-electron chi connectivity index (χ4n) is 3.82. The van der Waals surface area contributed by atoms with Crippen LogP contribution in [0.2, 0.25) is 0 Å². The first-order valence-corrected chi connectivity index (χ1v) is 10.9. The second kappa shape index (κ2) is 9.70. The normalized spacial score (nSPS) is 10.9. The summed E-state index contributed by atoms with van der Waals surface area (Å²) >= 11 is 0. The molecule has 4 aromatic rings. The van der Waals surface area contributed by atoms with Crippen LogP contribution in [0.15, 0.2) is 65.8 Å². The van der Waals surface area contributed by atoms with Crippen molar-refractivity contribution in [1.82, 2.24) is 19.3 Å². The van der Waals surface area contributed by atoms with Gasteiger partial charge in [0.1, 0.15) is 24.8 Å². The zero-order chi connectivity index (χ0) is 24.2. The highest BCUT2D eigenvalue weighted by Crippen LogP contribution is 2.18. The second-order valence-electron chi connectivity index (χ2n) is 7.94. The predicted octanol–water partition coefficient (Wildman–Crippen LogP) is 2.80. The van der Waals surface area contributed by atoms with E-state index in [2.05, 4.69) is 16.1 Å². The van der Waals surface area contributed by atoms with Crippen molar-refractivity contribution in [2.24, 2.45) is 0 Å². The van der Waals surface area contributed by atoms with E-state index in [0.29, 0.717) is 16.7 Å². The van der Waals surface area contributed by atoms with Gasteiger partial charge in [0, 0.05) is 5.69 Å². The molecule has 0 unspecified atom stereocenters. The number of carbonyl (C=O) groups is 2. The van der Waals surface area contributed by atoms with Crippen molar-refractivity contribution < 1.29 is 14.3 Å². The van der Waals surface area contributed by atoms with E-state index in [1.165, 1.54) is 22.0 Å². The molecule has 0 bridgehead atoms. The summed E-state index contributed by atoms with van der Waals surface area (Å²) < 4.78 is 7.84. The molecule has 4 rings (SSSR count). The molecule has 0 N–H and O–H groups in total. The summed E-state index contributed by atoms with van der Waals surface area (Å²) in [6.07, 6.45) is 2.79. The molecule has 0 fully saturated rings. The number of para-hydroxylation sites is 1. The number of benzene rings is 2. The minimum atomic E-state index is -0.532. The third kappa shape index (κ3) is 4.73. The van der Waals surface area contributed by atoms with E-state index in [-0.39, 0.29) is 19.7 Å². The van der Waals surface area contributed by atoms with E-state index in [1.807, 2.05) is 32.0 Å². The quantitative estimate of drug-likeness (QED) is 0.394. The van der Waals surface area contributed by atoms with Crippen LogP contribution in [0, 0.1) is 13.8 Å². The average molecular weight is 460 g/mol. The summed E-state index contributed by atoms with van der Waals surface area (Å²) in [6, 6.07) is 14.8. The maximum atomic E-state index is 13.2. The molecule has 174 valence electrons. The highest BCUT2D eigenvalue weighted by Gasteiger charge is 2.21. The molecule has 2 heterocycles. The Hall–Kier alpha value is -4.27. The van der Waals surface area contributed by atoms with Crippen LogP contribution in [0.25, 0.3) is 16.7 Å². The van der Waals surface area contributed by atoms with Crippen LogP contribution in [-0.2, 0) is 20.9 Å². The van der Waals surface area contributed by atoms with Crippen LogP contribution in [0.1, 0.15) is 18.1 Å². The van der Waals surface area contributed by atoms with Gasteiger partial charge in [0.05, 0.1) is 18.5 Å². The van der Waals surface area contributed by atoms with Crippen molar-refractivity contribution in [2.75, 3.05) is 18.1 Å². The molecule has 0 aliphatic heterocycles. The van der Waals surface area contributed by atoms with Gasteiger partial charge in [0.25, 0.3) is 5.56 Å². The number of hydrogen-bond donors (Lipinski definition) is 0. The van der Waals surface area contributed by atoms with Gasteiger partial charge >= 0.3 is 5.97 Å². The molecule has 0 radical (unpaired) electrons. The summed E-state index contributed by atoms with van der Waals surface area (Å²) in [7, 11) is 0. The molecule has 9 nitrogen and oxygen atoms in total. The molecular weight excluding hydrogens is 434 g/mol. The van der Waals surface area contributed by atoms with Gasteiger partial charge in [-0.25, -0.2) is 9.67 Å². The molecule has 0 spiro atoms. The van der Waals surface area contributed by atoms with Crippen molar-refractivity contribution in [3.63, 3.8) is 0 Å². The lowest BCUT2D eigenvalue weighted by Gasteiger charge is -2.22. The number of fused-ring (bicyclic) bond motifs is 1. The number of anilines is 1. The van der Waals surface area contributed by atoms with Crippen LogP contribution in [0.4, 0.5) is 5.69 Å². The first-order chi connectivity index (χ1) is 16.4. The van der Waals surface area contributed by atoms with Gasteiger partial charge in [-0.15, -0.1) is 0 Å². The first-order valence-electron chi connectivity index (χ1n) is 10.9. The highest BCUT2D eigenvalue weighted by molar-refractivity contribution is 5.97. The number of amides is 1. The van der Waals surface area contributed by atoms with Crippen molar-refractivity contribution >= 4 is 28.6 Å². The van der Waals surface area contributed by atoms with Gasteiger partial charge in [-0.1, -0.05) is 24.3 Å². The first kappa shape index (κ1) is 22.9. The van der Waals surface area contributed by atoms with E-state index in [4.69, 9.17) is 4.74 Å². The lowest BCUT2D eigenvalue weighted by atomic mass is 10.1. The molecule has 0 atom stereocenters. The van der Waals surface area contributed by atoms with Gasteiger partial charge in [0.15, 0.2) is 5.65 Å². The number of hydrogen-bond acceptors (Lipinski definition) is 6.